The molecule has 0 aliphatic carbocycles. The van der Waals surface area contributed by atoms with Gasteiger partial charge in [0.1, 0.15) is 18.2 Å². The summed E-state index contributed by atoms with van der Waals surface area (Å²) in [6.45, 7) is 1.03. The van der Waals surface area contributed by atoms with Crippen molar-refractivity contribution in [2.75, 3.05) is 27.3 Å². The Morgan fingerprint density at radius 2 is 2.12 bits per heavy atom. The highest BCUT2D eigenvalue weighted by Crippen LogP contribution is 2.23. The predicted octanol–water partition coefficient (Wildman–Crippen LogP) is 1.06. The fourth-order valence-corrected chi connectivity index (χ4v) is 2.46. The second-order valence-electron chi connectivity index (χ2n) is 5.32. The van der Waals surface area contributed by atoms with Crippen molar-refractivity contribution >= 4 is 28.8 Å². The molecule has 0 saturated heterocycles. The molecule has 0 aliphatic rings. The highest BCUT2D eigenvalue weighted by Gasteiger charge is 2.12. The van der Waals surface area contributed by atoms with Crippen molar-refractivity contribution < 1.29 is 14.3 Å². The summed E-state index contributed by atoms with van der Waals surface area (Å²) < 4.78 is 6.70. The van der Waals surface area contributed by atoms with Crippen LogP contribution in [0.3, 0.4) is 0 Å². The smallest absolute Gasteiger partial charge is 0.261 e. The molecule has 130 valence electrons. The van der Waals surface area contributed by atoms with E-state index in [4.69, 9.17) is 4.74 Å². The number of carbonyl (C=O) groups is 2. The van der Waals surface area contributed by atoms with Crippen LogP contribution in [0.15, 0.2) is 36.0 Å². The Morgan fingerprint density at radius 3 is 2.80 bits per heavy atom. The molecule has 1 aromatic carbocycles. The number of amides is 2. The molecule has 7 heteroatoms. The lowest BCUT2D eigenvalue weighted by atomic mass is 10.1. The number of ether oxygens (including phenoxy) is 1. The maximum atomic E-state index is 12.1. The van der Waals surface area contributed by atoms with Gasteiger partial charge < -0.3 is 19.9 Å². The van der Waals surface area contributed by atoms with E-state index in [2.05, 4.69) is 10.6 Å². The number of carbonyl (C=O) groups excluding carboxylic acids is 2. The van der Waals surface area contributed by atoms with E-state index in [0.29, 0.717) is 18.7 Å². The van der Waals surface area contributed by atoms with Gasteiger partial charge in [-0.05, 0) is 12.1 Å². The van der Waals surface area contributed by atoms with Crippen LogP contribution in [0.4, 0.5) is 0 Å². The van der Waals surface area contributed by atoms with Gasteiger partial charge >= 0.3 is 0 Å². The molecule has 1 heterocycles. The molecule has 0 unspecified atom stereocenters. The normalized spacial score (nSPS) is 11.2. The van der Waals surface area contributed by atoms with Gasteiger partial charge in [0.2, 0.25) is 5.91 Å². The molecule has 0 aliphatic heterocycles. The van der Waals surface area contributed by atoms with E-state index < -0.39 is 5.91 Å². The minimum atomic E-state index is -0.448. The molecule has 25 heavy (non-hydrogen) atoms. The molecular weight excluding hydrogens is 320 g/mol. The molecule has 1 aromatic heterocycles. The molecule has 2 aromatic rings. The number of fused-ring (bicyclic) bond motifs is 1. The molecule has 2 N–H and O–H groups in total. The van der Waals surface area contributed by atoms with Gasteiger partial charge in [-0.25, -0.2) is 0 Å². The van der Waals surface area contributed by atoms with Crippen LogP contribution in [0.2, 0.25) is 0 Å². The molecule has 2 amide bonds. The molecule has 0 bridgehead atoms. The van der Waals surface area contributed by atoms with Gasteiger partial charge in [0.15, 0.2) is 0 Å². The summed E-state index contributed by atoms with van der Waals surface area (Å²) in [5.74, 6) is -0.586. The van der Waals surface area contributed by atoms with Gasteiger partial charge in [-0.15, -0.1) is 0 Å². The Labute approximate surface area is 145 Å². The van der Waals surface area contributed by atoms with Crippen molar-refractivity contribution in [2.45, 2.75) is 6.54 Å². The van der Waals surface area contributed by atoms with E-state index in [-0.39, 0.29) is 18.0 Å². The van der Waals surface area contributed by atoms with Gasteiger partial charge in [-0.2, -0.15) is 5.26 Å². The summed E-state index contributed by atoms with van der Waals surface area (Å²) in [6, 6.07) is 9.42. The third-order valence-electron chi connectivity index (χ3n) is 3.65. The van der Waals surface area contributed by atoms with Crippen molar-refractivity contribution in [3.63, 3.8) is 0 Å². The third kappa shape index (κ3) is 4.46. The van der Waals surface area contributed by atoms with Crippen LogP contribution in [0.1, 0.15) is 5.56 Å². The maximum Gasteiger partial charge on any atom is 0.261 e. The maximum absolute atomic E-state index is 12.1. The number of likely N-dealkylation sites (N-methyl/N-ethyl adjacent to an activating group) is 1. The average molecular weight is 340 g/mol. The van der Waals surface area contributed by atoms with E-state index in [1.165, 1.54) is 13.1 Å². The average Bonchev–Trinajstić information content (AvgIpc) is 2.97. The summed E-state index contributed by atoms with van der Waals surface area (Å²) in [6.07, 6.45) is 3.29. The molecular formula is C18H20N4O3. The topological polar surface area (TPSA) is 96.2 Å². The van der Waals surface area contributed by atoms with E-state index in [1.807, 2.05) is 30.3 Å². The van der Waals surface area contributed by atoms with Crippen LogP contribution in [0.25, 0.3) is 17.0 Å². The van der Waals surface area contributed by atoms with E-state index in [1.54, 1.807) is 17.9 Å². The zero-order valence-electron chi connectivity index (χ0n) is 14.2. The van der Waals surface area contributed by atoms with Crippen LogP contribution < -0.4 is 10.6 Å². The van der Waals surface area contributed by atoms with Gasteiger partial charge in [-0.3, -0.25) is 9.59 Å². The zero-order chi connectivity index (χ0) is 18.2. The number of nitriles is 1. The zero-order valence-corrected chi connectivity index (χ0v) is 14.2. The largest absolute Gasteiger partial charge is 0.383 e. The van der Waals surface area contributed by atoms with E-state index in [0.717, 1.165) is 10.9 Å². The molecule has 2 rings (SSSR count). The molecule has 7 nitrogen and oxygen atoms in total. The number of rotatable bonds is 7. The van der Waals surface area contributed by atoms with Gasteiger partial charge in [0, 0.05) is 43.4 Å². The lowest BCUT2D eigenvalue weighted by Crippen LogP contribution is -2.30. The quantitative estimate of drug-likeness (QED) is 0.447. The minimum Gasteiger partial charge on any atom is -0.383 e. The Morgan fingerprint density at radius 1 is 1.36 bits per heavy atom. The highest BCUT2D eigenvalue weighted by atomic mass is 16.5. The van der Waals surface area contributed by atoms with Crippen molar-refractivity contribution in [3.05, 3.63) is 41.6 Å². The molecule has 0 spiro atoms. The van der Waals surface area contributed by atoms with Gasteiger partial charge in [0.25, 0.3) is 5.91 Å². The van der Waals surface area contributed by atoms with Crippen LogP contribution in [0.5, 0.6) is 0 Å². The van der Waals surface area contributed by atoms with Crippen LogP contribution >= 0.6 is 0 Å². The highest BCUT2D eigenvalue weighted by molar-refractivity contribution is 6.04. The van der Waals surface area contributed by atoms with Crippen molar-refractivity contribution in [1.29, 1.82) is 5.26 Å². The summed E-state index contributed by atoms with van der Waals surface area (Å²) in [5, 5.41) is 15.2. The van der Waals surface area contributed by atoms with Crippen molar-refractivity contribution in [3.8, 4) is 6.07 Å². The van der Waals surface area contributed by atoms with E-state index >= 15 is 0 Å². The van der Waals surface area contributed by atoms with E-state index in [9.17, 15) is 14.9 Å². The minimum absolute atomic E-state index is 0.00921. The Kier molecular flexibility index (Phi) is 6.32. The van der Waals surface area contributed by atoms with Crippen LogP contribution in [0, 0.1) is 11.3 Å². The number of benzene rings is 1. The Balaban J connectivity index is 2.34. The first-order valence-corrected chi connectivity index (χ1v) is 7.78. The summed E-state index contributed by atoms with van der Waals surface area (Å²) in [5.41, 5.74) is 1.57. The van der Waals surface area contributed by atoms with Crippen LogP contribution in [-0.4, -0.2) is 43.7 Å². The lowest BCUT2D eigenvalue weighted by Gasteiger charge is -2.06. The molecule has 0 fully saturated rings. The molecule has 0 radical (unpaired) electrons. The Bertz CT molecular complexity index is 846. The third-order valence-corrected chi connectivity index (χ3v) is 3.65. The standard InChI is InChI=1S/C18H20N4O3/c1-20-18(24)13(10-19)9-14-11-22(12-17(23)21-7-8-25-2)16-6-4-3-5-15(14)16/h3-6,9,11H,7-8,12H2,1-2H3,(H,20,24)(H,21,23). The number of aromatic nitrogens is 1. The number of para-hydroxylation sites is 1. The first kappa shape index (κ1) is 18.2. The Hall–Kier alpha value is -3.11. The summed E-state index contributed by atoms with van der Waals surface area (Å²) >= 11 is 0. The van der Waals surface area contributed by atoms with Gasteiger partial charge in [0.05, 0.1) is 6.61 Å². The lowest BCUT2D eigenvalue weighted by molar-refractivity contribution is -0.121. The number of methoxy groups -OCH3 is 1. The summed E-state index contributed by atoms with van der Waals surface area (Å²) in [4.78, 5) is 23.8. The second-order valence-corrected chi connectivity index (χ2v) is 5.32. The molecule has 0 atom stereocenters. The van der Waals surface area contributed by atoms with Crippen molar-refractivity contribution in [1.82, 2.24) is 15.2 Å². The molecule has 0 saturated carbocycles. The summed E-state index contributed by atoms with van der Waals surface area (Å²) in [7, 11) is 3.05. The first-order chi connectivity index (χ1) is 12.1. The fourth-order valence-electron chi connectivity index (χ4n) is 2.46. The van der Waals surface area contributed by atoms with Crippen LogP contribution in [-0.2, 0) is 20.9 Å². The SMILES string of the molecule is CNC(=O)C(C#N)=Cc1cn(CC(=O)NCCOC)c2ccccc12. The second kappa shape index (κ2) is 8.66. The number of nitrogens with one attached hydrogen (secondary N) is 2. The predicted molar refractivity (Wildman–Crippen MR) is 94.5 cm³/mol. The van der Waals surface area contributed by atoms with Gasteiger partial charge in [-0.1, -0.05) is 18.2 Å². The number of hydrogen-bond acceptors (Lipinski definition) is 4. The fraction of sp³-hybridized carbons (Fsp3) is 0.278. The first-order valence-electron chi connectivity index (χ1n) is 7.78. The van der Waals surface area contributed by atoms with Crippen molar-refractivity contribution in [2.24, 2.45) is 0 Å². The number of hydrogen-bond donors (Lipinski definition) is 2. The number of nitrogens with zero attached hydrogens (tertiary/aromatic N) is 2. The monoisotopic (exact) mass is 340 g/mol.